The fourth-order valence-electron chi connectivity index (χ4n) is 17.9. The molecule has 16 heteroatoms. The molecule has 0 spiro atoms. The van der Waals surface area contributed by atoms with E-state index < -0.39 is 0 Å². The van der Waals surface area contributed by atoms with Crippen LogP contribution in [0.3, 0.4) is 0 Å². The SMILES string of the molecule is CCc1cccc(-n2nc(C)cc2C(=O)Cc2cccc(C(CCC3CC3)c3ccc(N(C)C)c4ccccc34)c2)c1.CCc1cccc(-n2nc(C)cc2C(=O)Cc2cccc(C(NCC3CC3)c3ccc(N(C)C)c4ccccc34)c2)c1.CNc1ccc(C(NCC2CC2)c2cccc(CC(=O)c3cc(C)nn3-c3cccc(CN)c3)c2)c2ccccc12.Cl. The molecule has 15 nitrogen and oxygen atoms in total. The third kappa shape index (κ3) is 20.9. The lowest BCUT2D eigenvalue weighted by Crippen LogP contribution is -2.25. The van der Waals surface area contributed by atoms with Crippen LogP contribution in [0.5, 0.6) is 0 Å². The van der Waals surface area contributed by atoms with Crippen molar-refractivity contribution < 1.29 is 14.4 Å². The van der Waals surface area contributed by atoms with E-state index in [1.807, 2.05) is 105 Å². The molecule has 3 aliphatic carbocycles. The maximum atomic E-state index is 13.8. The maximum Gasteiger partial charge on any atom is 0.185 e. The monoisotopic (exact) mass is 1690 g/mol. The standard InChI is InChI=1S/C38H41N3O.C37H40N4O.C35H37N5O.ClH/c1-5-27-10-9-13-31(24-27)41-37(22-26(2)39-41)38(42)25-29-11-8-12-30(23-29)32(19-18-28-16-17-28)34-20-21-36(40(3)4)35-15-7-6-14-33(34)35;1-5-26-10-9-13-30(22-26)41-35(20-25(2)39-41)36(42)23-28-11-8-12-29(21-28)37(38-24-27-16-17-27)33-18-19-34(40(3)4)32-15-7-6-14-31(32)33;1-23-17-33(40(39-23)28-10-6-8-26(19-28)21-36)34(41)20-25-7-5-9-27(18-25)35(38-22-24-13-14-24)31-15-16-32(37-2)30-12-4-3-11-29(30)31;/h6-15,20-24,28,32H,5,16-19,25H2,1-4H3;6-15,18-22,27,37-38H,5,16-17,23-24H2,1-4H3;3-12,15-19,24,35,37-38H,13-14,20-22,36H2,1-2H3;1H. The van der Waals surface area contributed by atoms with E-state index in [9.17, 15) is 14.4 Å². The topological polar surface area (TPSA) is 173 Å². The Kier molecular flexibility index (Phi) is 28.3. The number of halogens is 1. The third-order valence-corrected chi connectivity index (χ3v) is 25.1. The van der Waals surface area contributed by atoms with Crippen LogP contribution in [0.25, 0.3) is 49.4 Å². The summed E-state index contributed by atoms with van der Waals surface area (Å²) < 4.78 is 5.37. The Balaban J connectivity index is 0.000000145. The van der Waals surface area contributed by atoms with Gasteiger partial charge in [0.1, 0.15) is 17.1 Å². The van der Waals surface area contributed by atoms with E-state index >= 15 is 0 Å². The van der Waals surface area contributed by atoms with Gasteiger partial charge in [0.15, 0.2) is 17.3 Å². The molecule has 0 amide bonds. The highest BCUT2D eigenvalue weighted by molar-refractivity contribution is 6.01. The summed E-state index contributed by atoms with van der Waals surface area (Å²) in [5, 5.41) is 32.7. The minimum atomic E-state index is 0. The van der Waals surface area contributed by atoms with Crippen molar-refractivity contribution in [1.29, 1.82) is 0 Å². The number of nitrogens with one attached hydrogen (secondary N) is 3. The highest BCUT2D eigenvalue weighted by Crippen LogP contribution is 2.44. The second-order valence-corrected chi connectivity index (χ2v) is 35.1. The summed E-state index contributed by atoms with van der Waals surface area (Å²) in [7, 11) is 10.4. The Labute approximate surface area is 749 Å². The number of benzene rings is 12. The van der Waals surface area contributed by atoms with Gasteiger partial charge in [-0.1, -0.05) is 227 Å². The molecule has 3 heterocycles. The van der Waals surface area contributed by atoms with Crippen molar-refractivity contribution in [3.05, 3.63) is 374 Å². The first kappa shape index (κ1) is 88.5. The Bertz CT molecular complexity index is 6120. The largest absolute Gasteiger partial charge is 0.388 e. The van der Waals surface area contributed by atoms with Gasteiger partial charge in [-0.25, -0.2) is 14.0 Å². The number of carbonyl (C=O) groups is 3. The summed E-state index contributed by atoms with van der Waals surface area (Å²) in [6.07, 6.45) is 13.1. The molecule has 0 aliphatic heterocycles. The van der Waals surface area contributed by atoms with Crippen molar-refractivity contribution in [2.75, 3.05) is 63.4 Å². The minimum absolute atomic E-state index is 0. The van der Waals surface area contributed by atoms with Gasteiger partial charge in [0.05, 0.1) is 46.2 Å². The van der Waals surface area contributed by atoms with Gasteiger partial charge in [0.2, 0.25) is 0 Å². The predicted octanol–water partition coefficient (Wildman–Crippen LogP) is 23.0. The van der Waals surface area contributed by atoms with E-state index in [-0.39, 0.29) is 47.8 Å². The van der Waals surface area contributed by atoms with E-state index in [4.69, 9.17) is 10.8 Å². The number of Topliss-reactive ketones (excluding diaryl/α,β-unsaturated/α-hetero) is 3. The van der Waals surface area contributed by atoms with Crippen LogP contribution >= 0.6 is 12.4 Å². The Morgan fingerprint density at radius 1 is 0.389 bits per heavy atom. The van der Waals surface area contributed by atoms with Crippen LogP contribution in [0.15, 0.2) is 273 Å². The minimum Gasteiger partial charge on any atom is -0.388 e. The van der Waals surface area contributed by atoms with E-state index in [1.165, 1.54) is 133 Å². The molecule has 3 unspecified atom stereocenters. The van der Waals surface area contributed by atoms with Crippen molar-refractivity contribution >= 4 is 79.1 Å². The van der Waals surface area contributed by atoms with E-state index in [0.29, 0.717) is 42.9 Å². The number of ketones is 3. The normalized spacial score (nSPS) is 13.7. The molecule has 126 heavy (non-hydrogen) atoms. The number of anilines is 3. The first-order chi connectivity index (χ1) is 60.8. The molecule has 3 atom stereocenters. The van der Waals surface area contributed by atoms with Gasteiger partial charge in [0, 0.05) is 100 Å². The first-order valence-electron chi connectivity index (χ1n) is 44.9. The summed E-state index contributed by atoms with van der Waals surface area (Å²) in [5.41, 5.74) is 30.5. The number of aromatic nitrogens is 6. The average Bonchev–Trinajstić information content (AvgIpc) is 1.27. The zero-order valence-electron chi connectivity index (χ0n) is 74.5. The van der Waals surface area contributed by atoms with Crippen molar-refractivity contribution in [1.82, 2.24) is 40.0 Å². The van der Waals surface area contributed by atoms with E-state index in [2.05, 4.69) is 278 Å². The molecule has 644 valence electrons. The molecule has 18 rings (SSSR count). The summed E-state index contributed by atoms with van der Waals surface area (Å²) in [6, 6.07) is 95.6. The molecule has 15 aromatic rings. The van der Waals surface area contributed by atoms with Crippen molar-refractivity contribution in [2.45, 2.75) is 143 Å². The molecule has 0 saturated heterocycles. The third-order valence-electron chi connectivity index (χ3n) is 25.1. The number of aryl methyl sites for hydroxylation is 5. The number of nitrogens with zero attached hydrogens (tertiary/aromatic N) is 8. The molecule has 3 saturated carbocycles. The van der Waals surface area contributed by atoms with Gasteiger partial charge in [-0.3, -0.25) is 14.4 Å². The summed E-state index contributed by atoms with van der Waals surface area (Å²) in [6.45, 7) is 12.5. The average molecular weight is 1690 g/mol. The van der Waals surface area contributed by atoms with E-state index in [1.54, 1.807) is 9.36 Å². The lowest BCUT2D eigenvalue weighted by Gasteiger charge is -2.24. The van der Waals surface area contributed by atoms with Crippen LogP contribution in [0, 0.1) is 38.5 Å². The predicted molar refractivity (Wildman–Crippen MR) is 521 cm³/mol. The smallest absolute Gasteiger partial charge is 0.185 e. The second kappa shape index (κ2) is 40.3. The number of hydrogen-bond acceptors (Lipinski definition) is 12. The molecule has 3 fully saturated rings. The molecule has 5 N–H and O–H groups in total. The lowest BCUT2D eigenvalue weighted by atomic mass is 9.83. The fraction of sp³-hybridized carbons (Fsp3) is 0.291. The Morgan fingerprint density at radius 2 is 0.738 bits per heavy atom. The zero-order valence-corrected chi connectivity index (χ0v) is 75.4. The van der Waals surface area contributed by atoms with E-state index in [0.717, 1.165) is 112 Å². The summed E-state index contributed by atoms with van der Waals surface area (Å²) in [4.78, 5) is 45.6. The molecule has 12 aromatic carbocycles. The first-order valence-corrected chi connectivity index (χ1v) is 44.9. The van der Waals surface area contributed by atoms with Crippen LogP contribution in [0.2, 0.25) is 0 Å². The molecule has 0 bridgehead atoms. The molecule has 0 radical (unpaired) electrons. The van der Waals surface area contributed by atoms with Gasteiger partial charge in [-0.05, 0) is 259 Å². The number of fused-ring (bicyclic) bond motifs is 3. The zero-order chi connectivity index (χ0) is 86.8. The summed E-state index contributed by atoms with van der Waals surface area (Å²) in [5.74, 6) is 2.83. The van der Waals surface area contributed by atoms with Crippen molar-refractivity contribution in [3.8, 4) is 17.1 Å². The second-order valence-electron chi connectivity index (χ2n) is 35.1. The fourth-order valence-corrected chi connectivity index (χ4v) is 17.9. The van der Waals surface area contributed by atoms with Gasteiger partial charge in [0.25, 0.3) is 0 Å². The van der Waals surface area contributed by atoms with Gasteiger partial charge in [-0.15, -0.1) is 12.4 Å². The highest BCUT2D eigenvalue weighted by Gasteiger charge is 2.31. The van der Waals surface area contributed by atoms with Gasteiger partial charge in [-0.2, -0.15) is 15.3 Å². The Hall–Kier alpha value is -12.4. The van der Waals surface area contributed by atoms with Crippen LogP contribution in [0.4, 0.5) is 17.1 Å². The maximum absolute atomic E-state index is 13.8. The molecule has 3 aromatic heterocycles. The molecular formula is C110H119ClN12O3. The van der Waals surface area contributed by atoms with Crippen molar-refractivity contribution in [3.63, 3.8) is 0 Å². The number of rotatable bonds is 33. The highest BCUT2D eigenvalue weighted by atomic mass is 35.5. The van der Waals surface area contributed by atoms with Crippen molar-refractivity contribution in [2.24, 2.45) is 23.5 Å². The molecular weight excluding hydrogens is 1570 g/mol. The van der Waals surface area contributed by atoms with Crippen LogP contribution in [0.1, 0.15) is 199 Å². The number of nitrogens with two attached hydrogens (primary N) is 1. The van der Waals surface area contributed by atoms with Crippen LogP contribution < -0.4 is 31.5 Å². The summed E-state index contributed by atoms with van der Waals surface area (Å²) >= 11 is 0. The van der Waals surface area contributed by atoms with Crippen LogP contribution in [-0.4, -0.2) is 95.0 Å². The quantitative estimate of drug-likeness (QED) is 0.0287. The lowest BCUT2D eigenvalue weighted by molar-refractivity contribution is 0.0977. The Morgan fingerprint density at radius 3 is 1.14 bits per heavy atom. The number of hydrogen-bond donors (Lipinski definition) is 4. The molecule has 3 aliphatic rings. The van der Waals surface area contributed by atoms with Gasteiger partial charge >= 0.3 is 0 Å². The van der Waals surface area contributed by atoms with Crippen LogP contribution in [-0.2, 0) is 38.6 Å². The van der Waals surface area contributed by atoms with Gasteiger partial charge < -0.3 is 31.5 Å². The number of carbonyl (C=O) groups excluding carboxylic acids is 3.